The van der Waals surface area contributed by atoms with Crippen molar-refractivity contribution >= 4 is 5.91 Å². The van der Waals surface area contributed by atoms with E-state index >= 15 is 0 Å². The highest BCUT2D eigenvalue weighted by Crippen LogP contribution is 2.45. The van der Waals surface area contributed by atoms with Gasteiger partial charge in [-0.05, 0) is 37.0 Å². The van der Waals surface area contributed by atoms with E-state index < -0.39 is 0 Å². The Hall–Kier alpha value is -1.65. The van der Waals surface area contributed by atoms with Crippen LogP contribution in [-0.4, -0.2) is 21.9 Å². The molecule has 21 heavy (non-hydrogen) atoms. The molecular weight excluding hydrogens is 266 g/mol. The van der Waals surface area contributed by atoms with Crippen LogP contribution in [-0.2, 0) is 0 Å². The van der Waals surface area contributed by atoms with Crippen LogP contribution in [0.15, 0.2) is 11.0 Å². The van der Waals surface area contributed by atoms with Crippen LogP contribution in [0.4, 0.5) is 0 Å². The lowest BCUT2D eigenvalue weighted by Crippen LogP contribution is -2.46. The molecule has 1 aromatic rings. The fourth-order valence-corrected chi connectivity index (χ4v) is 3.86. The maximum atomic E-state index is 12.3. The van der Waals surface area contributed by atoms with Crippen molar-refractivity contribution in [2.75, 3.05) is 0 Å². The summed E-state index contributed by atoms with van der Waals surface area (Å²) in [7, 11) is 0. The number of aromatic nitrogens is 2. The Bertz CT molecular complexity index is 586. The maximum Gasteiger partial charge on any atom is 0.263 e. The van der Waals surface area contributed by atoms with E-state index in [-0.39, 0.29) is 33.9 Å². The zero-order chi connectivity index (χ0) is 15.8. The van der Waals surface area contributed by atoms with E-state index in [1.807, 2.05) is 0 Å². The van der Waals surface area contributed by atoms with Gasteiger partial charge in [-0.15, -0.1) is 0 Å². The van der Waals surface area contributed by atoms with Crippen LogP contribution in [0.3, 0.4) is 0 Å². The van der Waals surface area contributed by atoms with E-state index in [1.54, 1.807) is 6.92 Å². The molecule has 0 bridgehead atoms. The Morgan fingerprint density at radius 2 is 1.86 bits per heavy atom. The van der Waals surface area contributed by atoms with E-state index in [4.69, 9.17) is 0 Å². The van der Waals surface area contributed by atoms with Crippen molar-refractivity contribution < 1.29 is 4.79 Å². The van der Waals surface area contributed by atoms with Gasteiger partial charge in [0.2, 0.25) is 0 Å². The third-order valence-electron chi connectivity index (χ3n) is 4.06. The van der Waals surface area contributed by atoms with Crippen molar-refractivity contribution in [2.45, 2.75) is 59.9 Å². The van der Waals surface area contributed by atoms with Gasteiger partial charge in [0.1, 0.15) is 11.4 Å². The minimum atomic E-state index is -0.380. The fraction of sp³-hybridized carbons (Fsp3) is 0.688. The zero-order valence-electron chi connectivity index (χ0n) is 13.5. The Morgan fingerprint density at radius 3 is 2.38 bits per heavy atom. The Kier molecular flexibility index (Phi) is 3.95. The number of aryl methyl sites for hydroxylation is 1. The first-order valence-electron chi connectivity index (χ1n) is 7.45. The minimum Gasteiger partial charge on any atom is -0.349 e. The molecule has 1 aromatic heterocycles. The summed E-state index contributed by atoms with van der Waals surface area (Å²) in [6.07, 6.45) is 4.35. The number of aromatic amines is 1. The normalized spacial score (nSPS) is 21.0. The number of hydrogen-bond donors (Lipinski definition) is 2. The minimum absolute atomic E-state index is 0.0850. The number of rotatable bonds is 2. The second kappa shape index (κ2) is 5.28. The van der Waals surface area contributed by atoms with Crippen LogP contribution < -0.4 is 10.9 Å². The summed E-state index contributed by atoms with van der Waals surface area (Å²) in [5.41, 5.74) is 0.0889. The first-order valence-corrected chi connectivity index (χ1v) is 7.45. The summed E-state index contributed by atoms with van der Waals surface area (Å²) in [6.45, 7) is 10.6. The van der Waals surface area contributed by atoms with Crippen LogP contribution >= 0.6 is 0 Å². The van der Waals surface area contributed by atoms with Crippen molar-refractivity contribution in [3.05, 3.63) is 27.9 Å². The van der Waals surface area contributed by atoms with E-state index in [1.165, 1.54) is 6.20 Å². The summed E-state index contributed by atoms with van der Waals surface area (Å²) >= 11 is 0. The third kappa shape index (κ3) is 3.93. The molecule has 1 amide bonds. The third-order valence-corrected chi connectivity index (χ3v) is 4.06. The first-order chi connectivity index (χ1) is 9.58. The van der Waals surface area contributed by atoms with Crippen molar-refractivity contribution in [2.24, 2.45) is 10.8 Å². The van der Waals surface area contributed by atoms with Crippen molar-refractivity contribution in [3.63, 3.8) is 0 Å². The molecule has 0 aromatic carbocycles. The number of H-pyrrole nitrogens is 1. The summed E-state index contributed by atoms with van der Waals surface area (Å²) in [6, 6.07) is 0.0944. The van der Waals surface area contributed by atoms with Gasteiger partial charge in [-0.2, -0.15) is 0 Å². The van der Waals surface area contributed by atoms with E-state index in [2.05, 4.69) is 43.0 Å². The highest BCUT2D eigenvalue weighted by molar-refractivity contribution is 5.93. The van der Waals surface area contributed by atoms with Gasteiger partial charge in [0, 0.05) is 12.2 Å². The molecule has 5 nitrogen and oxygen atoms in total. The van der Waals surface area contributed by atoms with Gasteiger partial charge in [-0.25, -0.2) is 4.98 Å². The van der Waals surface area contributed by atoms with Gasteiger partial charge >= 0.3 is 0 Å². The second-order valence-corrected chi connectivity index (χ2v) is 7.80. The number of carbonyl (C=O) groups is 1. The molecule has 0 unspecified atom stereocenters. The average molecular weight is 291 g/mol. The lowest BCUT2D eigenvalue weighted by atomic mass is 9.63. The molecule has 0 atom stereocenters. The number of nitrogens with zero attached hydrogens (tertiary/aromatic N) is 1. The number of amides is 1. The lowest BCUT2D eigenvalue weighted by Gasteiger charge is -2.45. The Morgan fingerprint density at radius 1 is 1.29 bits per heavy atom. The van der Waals surface area contributed by atoms with Crippen LogP contribution in [0, 0.1) is 17.8 Å². The van der Waals surface area contributed by atoms with E-state index in [0.29, 0.717) is 5.82 Å². The number of carbonyl (C=O) groups excluding carboxylic acids is 1. The highest BCUT2D eigenvalue weighted by atomic mass is 16.2. The smallest absolute Gasteiger partial charge is 0.263 e. The van der Waals surface area contributed by atoms with Gasteiger partial charge in [-0.3, -0.25) is 9.59 Å². The molecule has 2 rings (SSSR count). The van der Waals surface area contributed by atoms with Gasteiger partial charge in [0.25, 0.3) is 11.5 Å². The molecule has 0 radical (unpaired) electrons. The molecule has 1 fully saturated rings. The van der Waals surface area contributed by atoms with Gasteiger partial charge in [-0.1, -0.05) is 27.7 Å². The summed E-state index contributed by atoms with van der Waals surface area (Å²) in [5.74, 6) is 0.179. The maximum absolute atomic E-state index is 12.3. The van der Waals surface area contributed by atoms with Crippen LogP contribution in [0.5, 0.6) is 0 Å². The summed E-state index contributed by atoms with van der Waals surface area (Å²) < 4.78 is 0. The highest BCUT2D eigenvalue weighted by Gasteiger charge is 2.39. The van der Waals surface area contributed by atoms with Gasteiger partial charge < -0.3 is 10.3 Å². The molecule has 5 heteroatoms. The van der Waals surface area contributed by atoms with E-state index in [9.17, 15) is 9.59 Å². The monoisotopic (exact) mass is 291 g/mol. The van der Waals surface area contributed by atoms with Crippen LogP contribution in [0.2, 0.25) is 0 Å². The Balaban J connectivity index is 2.14. The molecule has 1 saturated carbocycles. The molecule has 0 saturated heterocycles. The topological polar surface area (TPSA) is 74.8 Å². The van der Waals surface area contributed by atoms with Crippen molar-refractivity contribution in [1.82, 2.24) is 15.3 Å². The molecule has 1 aliphatic rings. The molecule has 1 heterocycles. The molecule has 2 N–H and O–H groups in total. The largest absolute Gasteiger partial charge is 0.349 e. The molecule has 116 valence electrons. The summed E-state index contributed by atoms with van der Waals surface area (Å²) in [4.78, 5) is 30.7. The zero-order valence-corrected chi connectivity index (χ0v) is 13.5. The lowest BCUT2D eigenvalue weighted by molar-refractivity contribution is 0.0712. The molecular formula is C16H25N3O2. The summed E-state index contributed by atoms with van der Waals surface area (Å²) in [5, 5.41) is 3.01. The molecule has 0 aliphatic heterocycles. The van der Waals surface area contributed by atoms with Crippen molar-refractivity contribution in [3.8, 4) is 0 Å². The average Bonchev–Trinajstić information content (AvgIpc) is 2.23. The molecule has 0 spiro atoms. The van der Waals surface area contributed by atoms with Crippen LogP contribution in [0.25, 0.3) is 0 Å². The first kappa shape index (κ1) is 15.7. The standard InChI is InChI=1S/C16H25N3O2/c1-10-17-8-12(13(20)18-10)14(21)19-11-6-15(2,3)9-16(4,5)7-11/h8,11H,6-7,9H2,1-5H3,(H,19,21)(H,17,18,20). The predicted octanol–water partition coefficient (Wildman–Crippen LogP) is 2.41. The van der Waals surface area contributed by atoms with Crippen LogP contribution in [0.1, 0.15) is 63.1 Å². The predicted molar refractivity (Wildman–Crippen MR) is 82.3 cm³/mol. The quantitative estimate of drug-likeness (QED) is 0.878. The SMILES string of the molecule is Cc1ncc(C(=O)NC2CC(C)(C)CC(C)(C)C2)c(=O)[nH]1. The number of nitrogens with one attached hydrogen (secondary N) is 2. The Labute approximate surface area is 125 Å². The van der Waals surface area contributed by atoms with Crippen molar-refractivity contribution in [1.29, 1.82) is 0 Å². The van der Waals surface area contributed by atoms with Gasteiger partial charge in [0.15, 0.2) is 0 Å². The fourth-order valence-electron chi connectivity index (χ4n) is 3.86. The molecule has 1 aliphatic carbocycles. The second-order valence-electron chi connectivity index (χ2n) is 7.80. The van der Waals surface area contributed by atoms with E-state index in [0.717, 1.165) is 19.3 Å². The van der Waals surface area contributed by atoms with Gasteiger partial charge in [0.05, 0.1) is 0 Å². The number of hydrogen-bond acceptors (Lipinski definition) is 3.